The maximum absolute atomic E-state index is 12.7. The molecule has 3 aromatic rings. The fourth-order valence-electron chi connectivity index (χ4n) is 4.70. The molecule has 0 spiro atoms. The number of rotatable bonds is 6. The minimum atomic E-state index is -0.159. The monoisotopic (exact) mass is 448 g/mol. The summed E-state index contributed by atoms with van der Waals surface area (Å²) in [4.78, 5) is 31.7. The van der Waals surface area contributed by atoms with Gasteiger partial charge in [0.1, 0.15) is 5.82 Å². The molecule has 5 rings (SSSR count). The Morgan fingerprint density at radius 3 is 2.12 bits per heavy atom. The van der Waals surface area contributed by atoms with E-state index in [0.29, 0.717) is 23.6 Å². The average Bonchev–Trinajstić information content (AvgIpc) is 3.35. The van der Waals surface area contributed by atoms with Crippen molar-refractivity contribution in [3.63, 3.8) is 0 Å². The first kappa shape index (κ1) is 21.1. The molecule has 32 heavy (non-hydrogen) atoms. The number of amides is 2. The van der Waals surface area contributed by atoms with Crippen LogP contribution in [-0.4, -0.2) is 65.3 Å². The van der Waals surface area contributed by atoms with Crippen molar-refractivity contribution in [1.82, 2.24) is 14.2 Å². The molecule has 2 atom stereocenters. The number of aromatic nitrogens is 1. The van der Waals surface area contributed by atoms with Gasteiger partial charge in [-0.1, -0.05) is 38.1 Å². The van der Waals surface area contributed by atoms with Crippen LogP contribution in [0.3, 0.4) is 0 Å². The fraction of sp³-hybridized carbons (Fsp3) is 0.400. The molecule has 2 amide bonds. The summed E-state index contributed by atoms with van der Waals surface area (Å²) in [6, 6.07) is 15.5. The smallest absolute Gasteiger partial charge is 0.261 e. The number of fused-ring (bicyclic) bond motifs is 2. The minimum Gasteiger partial charge on any atom is -0.353 e. The largest absolute Gasteiger partial charge is 0.353 e. The van der Waals surface area contributed by atoms with Crippen molar-refractivity contribution >= 4 is 39.3 Å². The number of imide groups is 1. The van der Waals surface area contributed by atoms with Crippen LogP contribution in [0, 0.1) is 11.8 Å². The second-order valence-electron chi connectivity index (χ2n) is 9.01. The van der Waals surface area contributed by atoms with E-state index >= 15 is 0 Å². The quantitative estimate of drug-likeness (QED) is 0.534. The molecule has 0 unspecified atom stereocenters. The van der Waals surface area contributed by atoms with Gasteiger partial charge in [0.25, 0.3) is 11.8 Å². The number of piperazine rings is 1. The standard InChI is InChI=1S/C25H28N4O2S/c1-17(18(2)16-29-24(30)19-7-3-4-8-20(19)25(29)31)15-27-11-13-28(14-12-27)23-21-9-5-6-10-22(21)32-26-23/h3-10,17-18H,11-16H2,1-2H3/t17-,18-/m1/s1. The van der Waals surface area contributed by atoms with Crippen LogP contribution < -0.4 is 4.90 Å². The molecule has 0 saturated carbocycles. The van der Waals surface area contributed by atoms with Gasteiger partial charge in [-0.2, -0.15) is 4.37 Å². The zero-order valence-electron chi connectivity index (χ0n) is 18.5. The van der Waals surface area contributed by atoms with Gasteiger partial charge in [-0.05, 0) is 47.6 Å². The van der Waals surface area contributed by atoms with Crippen molar-refractivity contribution in [2.75, 3.05) is 44.2 Å². The number of benzene rings is 2. The molecule has 0 aliphatic carbocycles. The first-order valence-electron chi connectivity index (χ1n) is 11.3. The van der Waals surface area contributed by atoms with E-state index in [0.717, 1.165) is 38.5 Å². The Labute approximate surface area is 192 Å². The van der Waals surface area contributed by atoms with Gasteiger partial charge in [-0.3, -0.25) is 19.4 Å². The second-order valence-corrected chi connectivity index (χ2v) is 9.82. The number of hydrogen-bond donors (Lipinski definition) is 0. The van der Waals surface area contributed by atoms with Gasteiger partial charge < -0.3 is 4.90 Å². The minimum absolute atomic E-state index is 0.159. The Bertz CT molecular complexity index is 1120. The zero-order valence-corrected chi connectivity index (χ0v) is 19.3. The average molecular weight is 449 g/mol. The van der Waals surface area contributed by atoms with Crippen molar-refractivity contribution in [2.24, 2.45) is 11.8 Å². The molecule has 0 N–H and O–H groups in total. The highest BCUT2D eigenvalue weighted by Gasteiger charge is 2.36. The SMILES string of the molecule is C[C@H](CN1CCN(c2nsc3ccccc23)CC1)[C@H](C)CN1C(=O)c2ccccc2C1=O. The normalized spacial score (nSPS) is 18.9. The summed E-state index contributed by atoms with van der Waals surface area (Å²) < 4.78 is 5.94. The van der Waals surface area contributed by atoms with Crippen LogP contribution in [0.2, 0.25) is 0 Å². The number of carbonyl (C=O) groups excluding carboxylic acids is 2. The third-order valence-corrected chi connectivity index (χ3v) is 7.71. The summed E-state index contributed by atoms with van der Waals surface area (Å²) in [6.07, 6.45) is 0. The van der Waals surface area contributed by atoms with E-state index in [4.69, 9.17) is 4.37 Å². The molecule has 6 nitrogen and oxygen atoms in total. The van der Waals surface area contributed by atoms with Crippen molar-refractivity contribution < 1.29 is 9.59 Å². The van der Waals surface area contributed by atoms with Crippen LogP contribution in [0.1, 0.15) is 34.6 Å². The van der Waals surface area contributed by atoms with Crippen molar-refractivity contribution in [3.8, 4) is 0 Å². The van der Waals surface area contributed by atoms with Crippen LogP contribution >= 0.6 is 11.5 Å². The molecule has 1 saturated heterocycles. The highest BCUT2D eigenvalue weighted by atomic mass is 32.1. The topological polar surface area (TPSA) is 56.8 Å². The lowest BCUT2D eigenvalue weighted by atomic mass is 9.94. The van der Waals surface area contributed by atoms with Crippen LogP contribution in [0.4, 0.5) is 5.82 Å². The number of nitrogens with zero attached hydrogens (tertiary/aromatic N) is 4. The second kappa shape index (κ2) is 8.64. The number of carbonyl (C=O) groups is 2. The highest BCUT2D eigenvalue weighted by Crippen LogP contribution is 2.30. The van der Waals surface area contributed by atoms with Crippen molar-refractivity contribution in [1.29, 1.82) is 0 Å². The van der Waals surface area contributed by atoms with Crippen LogP contribution in [0.15, 0.2) is 48.5 Å². The van der Waals surface area contributed by atoms with E-state index < -0.39 is 0 Å². The van der Waals surface area contributed by atoms with E-state index in [9.17, 15) is 9.59 Å². The molecule has 1 fully saturated rings. The van der Waals surface area contributed by atoms with Crippen LogP contribution in [0.25, 0.3) is 10.1 Å². The third kappa shape index (κ3) is 3.80. The van der Waals surface area contributed by atoms with E-state index in [2.05, 4.69) is 47.9 Å². The molecular formula is C25H28N4O2S. The van der Waals surface area contributed by atoms with Crippen LogP contribution in [0.5, 0.6) is 0 Å². The molecule has 1 aromatic heterocycles. The predicted octanol–water partition coefficient (Wildman–Crippen LogP) is 3.99. The zero-order chi connectivity index (χ0) is 22.2. The third-order valence-electron chi connectivity index (χ3n) is 6.90. The summed E-state index contributed by atoms with van der Waals surface area (Å²) >= 11 is 1.57. The van der Waals surface area contributed by atoms with Gasteiger partial charge in [-0.25, -0.2) is 0 Å². The van der Waals surface area contributed by atoms with Gasteiger partial charge in [0.2, 0.25) is 0 Å². The van der Waals surface area contributed by atoms with E-state index in [1.807, 2.05) is 12.1 Å². The van der Waals surface area contributed by atoms with E-state index in [1.165, 1.54) is 15.0 Å². The Kier molecular flexibility index (Phi) is 5.69. The maximum atomic E-state index is 12.7. The van der Waals surface area contributed by atoms with Gasteiger partial charge in [0, 0.05) is 44.7 Å². The summed E-state index contributed by atoms with van der Waals surface area (Å²) in [5.74, 6) is 1.41. The molecule has 0 bridgehead atoms. The highest BCUT2D eigenvalue weighted by molar-refractivity contribution is 7.13. The van der Waals surface area contributed by atoms with Crippen molar-refractivity contribution in [2.45, 2.75) is 13.8 Å². The molecule has 2 aliphatic rings. The van der Waals surface area contributed by atoms with Gasteiger partial charge in [0.05, 0.1) is 15.8 Å². The lowest BCUT2D eigenvalue weighted by molar-refractivity contribution is 0.0608. The Balaban J connectivity index is 1.15. The fourth-order valence-corrected chi connectivity index (χ4v) is 5.50. The van der Waals surface area contributed by atoms with Gasteiger partial charge in [0.15, 0.2) is 0 Å². The predicted molar refractivity (Wildman–Crippen MR) is 128 cm³/mol. The molecule has 7 heteroatoms. The maximum Gasteiger partial charge on any atom is 0.261 e. The Morgan fingerprint density at radius 2 is 1.44 bits per heavy atom. The molecule has 2 aromatic carbocycles. The first-order valence-corrected chi connectivity index (χ1v) is 12.1. The van der Waals surface area contributed by atoms with E-state index in [-0.39, 0.29) is 17.7 Å². The summed E-state index contributed by atoms with van der Waals surface area (Å²) in [6.45, 7) is 9.73. The molecule has 2 aliphatic heterocycles. The molecule has 166 valence electrons. The molecular weight excluding hydrogens is 420 g/mol. The Hall–Kier alpha value is -2.77. The molecule has 0 radical (unpaired) electrons. The lowest BCUT2D eigenvalue weighted by Crippen LogP contribution is -2.48. The van der Waals surface area contributed by atoms with Crippen molar-refractivity contribution in [3.05, 3.63) is 59.7 Å². The number of hydrogen-bond acceptors (Lipinski definition) is 6. The first-order chi connectivity index (χ1) is 15.5. The summed E-state index contributed by atoms with van der Waals surface area (Å²) in [5.41, 5.74) is 1.06. The Morgan fingerprint density at radius 1 is 0.844 bits per heavy atom. The summed E-state index contributed by atoms with van der Waals surface area (Å²) in [5, 5.41) is 1.24. The van der Waals surface area contributed by atoms with Gasteiger partial charge in [-0.15, -0.1) is 0 Å². The van der Waals surface area contributed by atoms with Gasteiger partial charge >= 0.3 is 0 Å². The molecule has 3 heterocycles. The van der Waals surface area contributed by atoms with E-state index in [1.54, 1.807) is 23.7 Å². The summed E-state index contributed by atoms with van der Waals surface area (Å²) in [7, 11) is 0. The number of anilines is 1. The van der Waals surface area contributed by atoms with Crippen LogP contribution in [-0.2, 0) is 0 Å². The lowest BCUT2D eigenvalue weighted by Gasteiger charge is -2.37.